The quantitative estimate of drug-likeness (QED) is 0.784. The van der Waals surface area contributed by atoms with Crippen molar-refractivity contribution in [3.05, 3.63) is 23.9 Å². The average Bonchev–Trinajstić information content (AvgIpc) is 2.10. The highest BCUT2D eigenvalue weighted by atomic mass is 16.2. The third-order valence-electron chi connectivity index (χ3n) is 2.59. The monoisotopic (exact) mass is 205 g/mol. The van der Waals surface area contributed by atoms with Gasteiger partial charge in [0.25, 0.3) is 0 Å². The van der Waals surface area contributed by atoms with E-state index >= 15 is 0 Å². The summed E-state index contributed by atoms with van der Waals surface area (Å²) in [6.45, 7) is 5.20. The van der Waals surface area contributed by atoms with Crippen molar-refractivity contribution in [2.75, 3.05) is 18.4 Å². The van der Waals surface area contributed by atoms with Gasteiger partial charge in [-0.15, -0.1) is 0 Å². The molecule has 80 valence electrons. The molecule has 4 heteroatoms. The van der Waals surface area contributed by atoms with Gasteiger partial charge in [-0.25, -0.2) is 4.98 Å². The fourth-order valence-corrected chi connectivity index (χ4v) is 1.65. The number of amides is 1. The molecular formula is C11H15N3O. The highest BCUT2D eigenvalue weighted by Crippen LogP contribution is 2.14. The van der Waals surface area contributed by atoms with Crippen molar-refractivity contribution < 1.29 is 4.79 Å². The zero-order valence-corrected chi connectivity index (χ0v) is 9.03. The molecule has 2 rings (SSSR count). The van der Waals surface area contributed by atoms with Crippen LogP contribution in [0.5, 0.6) is 0 Å². The Kier molecular flexibility index (Phi) is 2.58. The number of nitrogens with one attached hydrogen (secondary N) is 1. The van der Waals surface area contributed by atoms with Crippen LogP contribution in [0.25, 0.3) is 0 Å². The third-order valence-corrected chi connectivity index (χ3v) is 2.59. The smallest absolute Gasteiger partial charge is 0.219 e. The van der Waals surface area contributed by atoms with E-state index in [0.29, 0.717) is 6.04 Å². The van der Waals surface area contributed by atoms with Crippen molar-refractivity contribution >= 4 is 11.7 Å². The molecule has 1 aliphatic rings. The lowest BCUT2D eigenvalue weighted by Crippen LogP contribution is -2.56. The van der Waals surface area contributed by atoms with Gasteiger partial charge < -0.3 is 10.2 Å². The van der Waals surface area contributed by atoms with Crippen LogP contribution in [0.1, 0.15) is 12.5 Å². The summed E-state index contributed by atoms with van der Waals surface area (Å²) in [5.74, 6) is 1.04. The van der Waals surface area contributed by atoms with Crippen LogP contribution in [-0.4, -0.2) is 34.9 Å². The lowest BCUT2D eigenvalue weighted by molar-refractivity contribution is -0.132. The maximum atomic E-state index is 11.0. The van der Waals surface area contributed by atoms with Crippen LogP contribution in [0.15, 0.2) is 18.3 Å². The second-order valence-corrected chi connectivity index (χ2v) is 3.98. The first-order valence-electron chi connectivity index (χ1n) is 5.10. The van der Waals surface area contributed by atoms with Gasteiger partial charge in [0.05, 0.1) is 6.04 Å². The standard InChI is InChI=1S/C11H15N3O/c1-8-3-4-12-11(5-8)13-10-6-14(7-10)9(2)15/h3-5,10H,6-7H2,1-2H3,(H,12,13). The number of likely N-dealkylation sites (tertiary alicyclic amines) is 1. The number of rotatable bonds is 2. The van der Waals surface area contributed by atoms with Crippen LogP contribution in [0.2, 0.25) is 0 Å². The van der Waals surface area contributed by atoms with E-state index in [1.807, 2.05) is 24.0 Å². The highest BCUT2D eigenvalue weighted by Gasteiger charge is 2.28. The van der Waals surface area contributed by atoms with Crippen LogP contribution in [-0.2, 0) is 4.79 Å². The zero-order valence-electron chi connectivity index (χ0n) is 9.03. The number of hydrogen-bond acceptors (Lipinski definition) is 3. The van der Waals surface area contributed by atoms with E-state index < -0.39 is 0 Å². The van der Waals surface area contributed by atoms with E-state index in [0.717, 1.165) is 18.9 Å². The molecule has 0 aromatic carbocycles. The van der Waals surface area contributed by atoms with Crippen molar-refractivity contribution in [2.45, 2.75) is 19.9 Å². The maximum Gasteiger partial charge on any atom is 0.219 e. The lowest BCUT2D eigenvalue weighted by Gasteiger charge is -2.39. The molecule has 4 nitrogen and oxygen atoms in total. The van der Waals surface area contributed by atoms with Crippen LogP contribution in [0, 0.1) is 6.92 Å². The molecule has 2 heterocycles. The Labute approximate surface area is 89.3 Å². The van der Waals surface area contributed by atoms with Gasteiger partial charge in [0, 0.05) is 26.2 Å². The number of aromatic nitrogens is 1. The number of pyridine rings is 1. The number of aryl methyl sites for hydroxylation is 1. The van der Waals surface area contributed by atoms with Gasteiger partial charge in [-0.1, -0.05) is 0 Å². The molecule has 0 spiro atoms. The molecule has 15 heavy (non-hydrogen) atoms. The third kappa shape index (κ3) is 2.26. The Hall–Kier alpha value is -1.58. The summed E-state index contributed by atoms with van der Waals surface area (Å²) >= 11 is 0. The number of carbonyl (C=O) groups is 1. The minimum Gasteiger partial charge on any atom is -0.364 e. The van der Waals surface area contributed by atoms with Gasteiger partial charge >= 0.3 is 0 Å². The topological polar surface area (TPSA) is 45.2 Å². The van der Waals surface area contributed by atoms with Crippen molar-refractivity contribution in [1.29, 1.82) is 0 Å². The molecule has 0 radical (unpaired) electrons. The van der Waals surface area contributed by atoms with E-state index in [1.54, 1.807) is 13.1 Å². The van der Waals surface area contributed by atoms with Crippen molar-refractivity contribution in [2.24, 2.45) is 0 Å². The number of carbonyl (C=O) groups excluding carboxylic acids is 1. The first-order valence-corrected chi connectivity index (χ1v) is 5.10. The van der Waals surface area contributed by atoms with Crippen LogP contribution < -0.4 is 5.32 Å². The van der Waals surface area contributed by atoms with Gasteiger partial charge in [-0.05, 0) is 24.6 Å². The summed E-state index contributed by atoms with van der Waals surface area (Å²) in [7, 11) is 0. The van der Waals surface area contributed by atoms with E-state index in [4.69, 9.17) is 0 Å². The largest absolute Gasteiger partial charge is 0.364 e. The predicted octanol–water partition coefficient (Wildman–Crippen LogP) is 1.03. The molecular weight excluding hydrogens is 190 g/mol. The molecule has 1 fully saturated rings. The van der Waals surface area contributed by atoms with Crippen molar-refractivity contribution in [1.82, 2.24) is 9.88 Å². The maximum absolute atomic E-state index is 11.0. The van der Waals surface area contributed by atoms with E-state index in [1.165, 1.54) is 5.56 Å². The van der Waals surface area contributed by atoms with Gasteiger partial charge in [-0.3, -0.25) is 4.79 Å². The van der Waals surface area contributed by atoms with Gasteiger partial charge in [-0.2, -0.15) is 0 Å². The Morgan fingerprint density at radius 3 is 2.93 bits per heavy atom. The molecule has 0 saturated carbocycles. The van der Waals surface area contributed by atoms with Gasteiger partial charge in [0.2, 0.25) is 5.91 Å². The fourth-order valence-electron chi connectivity index (χ4n) is 1.65. The molecule has 1 aromatic rings. The number of nitrogens with zero attached hydrogens (tertiary/aromatic N) is 2. The van der Waals surface area contributed by atoms with Crippen LogP contribution >= 0.6 is 0 Å². The molecule has 1 amide bonds. The highest BCUT2D eigenvalue weighted by molar-refractivity contribution is 5.74. The SMILES string of the molecule is CC(=O)N1CC(Nc2cc(C)ccn2)C1. The Morgan fingerprint density at radius 1 is 1.60 bits per heavy atom. The summed E-state index contributed by atoms with van der Waals surface area (Å²) < 4.78 is 0. The lowest BCUT2D eigenvalue weighted by atomic mass is 10.1. The van der Waals surface area contributed by atoms with Gasteiger partial charge in [0.15, 0.2) is 0 Å². The average molecular weight is 205 g/mol. The Balaban J connectivity index is 1.87. The van der Waals surface area contributed by atoms with Crippen LogP contribution in [0.3, 0.4) is 0 Å². The minimum absolute atomic E-state index is 0.144. The first kappa shape index (κ1) is 9.96. The molecule has 0 atom stereocenters. The summed E-state index contributed by atoms with van der Waals surface area (Å²) in [5.41, 5.74) is 1.19. The molecule has 0 unspecified atom stereocenters. The predicted molar refractivity (Wildman–Crippen MR) is 58.6 cm³/mol. The Morgan fingerprint density at radius 2 is 2.33 bits per heavy atom. The zero-order chi connectivity index (χ0) is 10.8. The summed E-state index contributed by atoms with van der Waals surface area (Å²) in [6.07, 6.45) is 1.79. The van der Waals surface area contributed by atoms with E-state index in [-0.39, 0.29) is 5.91 Å². The minimum atomic E-state index is 0.144. The number of anilines is 1. The number of hydrogen-bond donors (Lipinski definition) is 1. The first-order chi connectivity index (χ1) is 7.15. The summed E-state index contributed by atoms with van der Waals surface area (Å²) in [4.78, 5) is 17.0. The summed E-state index contributed by atoms with van der Waals surface area (Å²) in [5, 5.41) is 3.30. The van der Waals surface area contributed by atoms with Gasteiger partial charge in [0.1, 0.15) is 5.82 Å². The Bertz CT molecular complexity index is 372. The van der Waals surface area contributed by atoms with E-state index in [2.05, 4.69) is 10.3 Å². The molecule has 1 aromatic heterocycles. The normalized spacial score (nSPS) is 16.0. The molecule has 1 saturated heterocycles. The second kappa shape index (κ2) is 3.88. The fraction of sp³-hybridized carbons (Fsp3) is 0.455. The van der Waals surface area contributed by atoms with E-state index in [9.17, 15) is 4.79 Å². The molecule has 1 N–H and O–H groups in total. The van der Waals surface area contributed by atoms with Crippen molar-refractivity contribution in [3.8, 4) is 0 Å². The second-order valence-electron chi connectivity index (χ2n) is 3.98. The molecule has 0 bridgehead atoms. The molecule has 1 aliphatic heterocycles. The summed E-state index contributed by atoms with van der Waals surface area (Å²) in [6, 6.07) is 4.33. The van der Waals surface area contributed by atoms with Crippen molar-refractivity contribution in [3.63, 3.8) is 0 Å². The molecule has 0 aliphatic carbocycles. The van der Waals surface area contributed by atoms with Crippen LogP contribution in [0.4, 0.5) is 5.82 Å².